The van der Waals surface area contributed by atoms with Crippen molar-refractivity contribution in [2.75, 3.05) is 26.2 Å². The van der Waals surface area contributed by atoms with Crippen LogP contribution in [0.15, 0.2) is 60.7 Å². The van der Waals surface area contributed by atoms with Crippen LogP contribution >= 0.6 is 0 Å². The zero-order valence-electron chi connectivity index (χ0n) is 25.0. The lowest BCUT2D eigenvalue weighted by Gasteiger charge is -2.38. The molecule has 1 spiro atoms. The van der Waals surface area contributed by atoms with Gasteiger partial charge in [-0.05, 0) is 30.7 Å². The van der Waals surface area contributed by atoms with E-state index in [4.69, 9.17) is 14.2 Å². The summed E-state index contributed by atoms with van der Waals surface area (Å²) in [4.78, 5) is 46.4. The number of methoxy groups -OCH3 is 3. The molecule has 3 atom stereocenters. The van der Waals surface area contributed by atoms with E-state index < -0.39 is 28.8 Å². The van der Waals surface area contributed by atoms with E-state index in [9.17, 15) is 14.4 Å². The van der Waals surface area contributed by atoms with Crippen molar-refractivity contribution in [3.8, 4) is 17.2 Å². The Balaban J connectivity index is 1.75. The molecule has 7 heteroatoms. The molecule has 0 amide bonds. The number of carbonyl (C=O) groups is 3. The molecule has 0 radical (unpaired) electrons. The van der Waals surface area contributed by atoms with Gasteiger partial charge in [0.15, 0.2) is 28.8 Å². The van der Waals surface area contributed by atoms with Crippen molar-refractivity contribution in [1.82, 2.24) is 0 Å². The monoisotopic (exact) mass is 565 g/mol. The number of anilines is 1. The molecule has 1 aliphatic carbocycles. The molecule has 0 N–H and O–H groups in total. The number of rotatable bonds is 5. The van der Waals surface area contributed by atoms with Gasteiger partial charge < -0.3 is 19.1 Å². The van der Waals surface area contributed by atoms with E-state index in [0.29, 0.717) is 33.9 Å². The number of ketones is 3. The molecule has 0 unspecified atom stereocenters. The molecule has 0 saturated carbocycles. The van der Waals surface area contributed by atoms with Gasteiger partial charge >= 0.3 is 0 Å². The number of Topliss-reactive ketones (excluding diaryl/α,β-unsaturated/α-hetero) is 3. The maximum Gasteiger partial charge on any atom is 0.203 e. The number of carbonyl (C=O) groups excluding carboxylic acids is 3. The van der Waals surface area contributed by atoms with Crippen LogP contribution in [0.25, 0.3) is 6.08 Å². The predicted octanol–water partition coefficient (Wildman–Crippen LogP) is 6.07. The molecule has 1 fully saturated rings. The minimum atomic E-state index is -1.62. The molecule has 3 aromatic carbocycles. The van der Waals surface area contributed by atoms with Gasteiger partial charge in [-0.15, -0.1) is 0 Å². The highest BCUT2D eigenvalue weighted by Gasteiger charge is 2.72. The number of benzene rings is 3. The summed E-state index contributed by atoms with van der Waals surface area (Å²) in [5.41, 5.74) is 1.70. The number of ether oxygens (including phenoxy) is 3. The van der Waals surface area contributed by atoms with Gasteiger partial charge in [0.2, 0.25) is 5.75 Å². The summed E-state index contributed by atoms with van der Waals surface area (Å²) in [7, 11) is 4.56. The minimum Gasteiger partial charge on any atom is -0.493 e. The van der Waals surface area contributed by atoms with Crippen molar-refractivity contribution in [3.05, 3.63) is 88.5 Å². The highest BCUT2D eigenvalue weighted by atomic mass is 16.5. The van der Waals surface area contributed by atoms with Crippen LogP contribution in [0, 0.1) is 17.8 Å². The van der Waals surface area contributed by atoms with Crippen molar-refractivity contribution >= 4 is 29.1 Å². The fourth-order valence-corrected chi connectivity index (χ4v) is 7.25. The number of hydrogen-bond donors (Lipinski definition) is 0. The Bertz CT molecular complexity index is 1640. The van der Waals surface area contributed by atoms with Gasteiger partial charge in [-0.3, -0.25) is 14.4 Å². The number of aryl methyl sites for hydroxylation is 1. The number of nitrogens with zero attached hydrogens (tertiary/aromatic N) is 1. The van der Waals surface area contributed by atoms with Crippen molar-refractivity contribution in [3.63, 3.8) is 0 Å². The molecule has 0 aromatic heterocycles. The first kappa shape index (κ1) is 27.8. The molecule has 3 aromatic rings. The predicted molar refractivity (Wildman–Crippen MR) is 161 cm³/mol. The molecule has 0 bridgehead atoms. The first-order chi connectivity index (χ1) is 20.0. The summed E-state index contributed by atoms with van der Waals surface area (Å²) in [6, 6.07) is 15.0. The summed E-state index contributed by atoms with van der Waals surface area (Å²) in [6.45, 7) is 7.64. The molecule has 7 nitrogen and oxygen atoms in total. The van der Waals surface area contributed by atoms with Crippen LogP contribution in [0.2, 0.25) is 0 Å². The van der Waals surface area contributed by atoms with E-state index in [2.05, 4.69) is 6.07 Å². The Kier molecular flexibility index (Phi) is 6.33. The van der Waals surface area contributed by atoms with Gasteiger partial charge in [0.25, 0.3) is 0 Å². The lowest BCUT2D eigenvalue weighted by Crippen LogP contribution is -2.49. The van der Waals surface area contributed by atoms with Gasteiger partial charge in [0.1, 0.15) is 5.41 Å². The second-order valence-electron chi connectivity index (χ2n) is 12.3. The fourth-order valence-electron chi connectivity index (χ4n) is 7.25. The third-order valence-corrected chi connectivity index (χ3v) is 9.04. The van der Waals surface area contributed by atoms with Crippen LogP contribution < -0.4 is 19.1 Å². The van der Waals surface area contributed by atoms with Crippen LogP contribution in [0.5, 0.6) is 17.2 Å². The maximum atomic E-state index is 14.8. The normalized spacial score (nSPS) is 21.7. The number of hydrogen-bond acceptors (Lipinski definition) is 7. The second kappa shape index (κ2) is 9.58. The number of fused-ring (bicyclic) bond motifs is 5. The molecule has 2 aliphatic heterocycles. The van der Waals surface area contributed by atoms with E-state index in [1.54, 1.807) is 36.4 Å². The fraction of sp³-hybridized carbons (Fsp3) is 0.343. The molecule has 216 valence electrons. The van der Waals surface area contributed by atoms with Gasteiger partial charge in [-0.25, -0.2) is 0 Å². The summed E-state index contributed by atoms with van der Waals surface area (Å²) < 4.78 is 17.3. The van der Waals surface area contributed by atoms with Gasteiger partial charge in [0.05, 0.1) is 33.4 Å². The standard InChI is InChI=1S/C35H35NO6/c1-19-12-15-24-20(18-19)13-17-26-35(31(37)21-10-8-9-11-22(21)32(35)38)27(28(36(24)26)33(39)34(2,3)4)23-14-16-25(40-5)30(42-7)29(23)41-6/h8-18,26-28H,1-7H3/t26-,27+,28+/m1/s1. The second-order valence-corrected chi connectivity index (χ2v) is 12.3. The third kappa shape index (κ3) is 3.55. The van der Waals surface area contributed by atoms with Gasteiger partial charge in [-0.1, -0.05) is 74.9 Å². The van der Waals surface area contributed by atoms with Crippen molar-refractivity contribution in [1.29, 1.82) is 0 Å². The Hall–Kier alpha value is -4.39. The zero-order chi connectivity index (χ0) is 30.1. The molecule has 2 heterocycles. The van der Waals surface area contributed by atoms with Crippen LogP contribution in [0.1, 0.15) is 64.1 Å². The molecule has 1 saturated heterocycles. The smallest absolute Gasteiger partial charge is 0.203 e. The Morgan fingerprint density at radius 3 is 2.07 bits per heavy atom. The SMILES string of the molecule is COc1ccc([C@H]2[C@@H](C(=O)C(C)(C)C)N3c4ccc(C)cc4C=C[C@@H]3C23C(=O)c2ccccc2C3=O)c(OC)c1OC. The van der Waals surface area contributed by atoms with Crippen LogP contribution in [0.4, 0.5) is 5.69 Å². The van der Waals surface area contributed by atoms with E-state index in [0.717, 1.165) is 16.8 Å². The first-order valence-electron chi connectivity index (χ1n) is 14.1. The van der Waals surface area contributed by atoms with Gasteiger partial charge in [0, 0.05) is 33.7 Å². The van der Waals surface area contributed by atoms with E-state index in [1.807, 2.05) is 56.9 Å². The summed E-state index contributed by atoms with van der Waals surface area (Å²) >= 11 is 0. The van der Waals surface area contributed by atoms with Crippen molar-refractivity contribution in [2.24, 2.45) is 10.8 Å². The van der Waals surface area contributed by atoms with Crippen LogP contribution in [-0.4, -0.2) is 50.8 Å². The highest BCUT2D eigenvalue weighted by molar-refractivity contribution is 6.32. The Morgan fingerprint density at radius 1 is 0.857 bits per heavy atom. The van der Waals surface area contributed by atoms with E-state index in [-0.39, 0.29) is 17.3 Å². The average molecular weight is 566 g/mol. The molecule has 3 aliphatic rings. The molecular formula is C35H35NO6. The maximum absolute atomic E-state index is 14.8. The average Bonchev–Trinajstić information content (AvgIpc) is 3.40. The summed E-state index contributed by atoms with van der Waals surface area (Å²) in [6.07, 6.45) is 3.90. The quantitative estimate of drug-likeness (QED) is 0.347. The lowest BCUT2D eigenvalue weighted by atomic mass is 9.63. The Morgan fingerprint density at radius 2 is 1.50 bits per heavy atom. The molecule has 6 rings (SSSR count). The third-order valence-electron chi connectivity index (χ3n) is 9.04. The van der Waals surface area contributed by atoms with Gasteiger partial charge in [-0.2, -0.15) is 0 Å². The lowest BCUT2D eigenvalue weighted by molar-refractivity contribution is -0.127. The summed E-state index contributed by atoms with van der Waals surface area (Å²) in [5, 5.41) is 0. The van der Waals surface area contributed by atoms with Crippen molar-refractivity contribution in [2.45, 2.75) is 45.7 Å². The van der Waals surface area contributed by atoms with Crippen molar-refractivity contribution < 1.29 is 28.6 Å². The zero-order valence-corrected chi connectivity index (χ0v) is 25.0. The van der Waals surface area contributed by atoms with Crippen LogP contribution in [0.3, 0.4) is 0 Å². The first-order valence-corrected chi connectivity index (χ1v) is 14.1. The highest BCUT2D eigenvalue weighted by Crippen LogP contribution is 2.63. The largest absolute Gasteiger partial charge is 0.493 e. The Labute approximate surface area is 246 Å². The topological polar surface area (TPSA) is 82.1 Å². The van der Waals surface area contributed by atoms with E-state index >= 15 is 0 Å². The molecular weight excluding hydrogens is 530 g/mol. The van der Waals surface area contributed by atoms with Crippen LogP contribution in [-0.2, 0) is 4.79 Å². The summed E-state index contributed by atoms with van der Waals surface area (Å²) in [5.74, 6) is -0.444. The van der Waals surface area contributed by atoms with E-state index in [1.165, 1.54) is 21.3 Å². The minimum absolute atomic E-state index is 0.0791. The molecule has 42 heavy (non-hydrogen) atoms.